The lowest BCUT2D eigenvalue weighted by molar-refractivity contribution is -0.121. The number of carbonyl (C=O) groups excluding carboxylic acids is 1. The predicted molar refractivity (Wildman–Crippen MR) is 127 cm³/mol. The minimum atomic E-state index is -0.335. The van der Waals surface area contributed by atoms with E-state index in [2.05, 4.69) is 10.2 Å². The summed E-state index contributed by atoms with van der Waals surface area (Å²) in [5, 5.41) is 7.79. The van der Waals surface area contributed by atoms with E-state index in [0.29, 0.717) is 30.3 Å². The number of carbonyl (C=O) groups is 1. The topological polar surface area (TPSA) is 73.5 Å². The van der Waals surface area contributed by atoms with Crippen molar-refractivity contribution in [3.8, 4) is 11.5 Å². The summed E-state index contributed by atoms with van der Waals surface area (Å²) in [6, 6.07) is 17.2. The van der Waals surface area contributed by atoms with Gasteiger partial charge in [0.15, 0.2) is 28.2 Å². The lowest BCUT2D eigenvalue weighted by Gasteiger charge is -2.31. The van der Waals surface area contributed by atoms with Crippen molar-refractivity contribution < 1.29 is 14.3 Å². The number of hydrogen-bond acceptors (Lipinski definition) is 6. The lowest BCUT2D eigenvalue weighted by atomic mass is 9.97. The highest BCUT2D eigenvalue weighted by molar-refractivity contribution is 7.71. The predicted octanol–water partition coefficient (Wildman–Crippen LogP) is 3.77. The maximum absolute atomic E-state index is 12.8. The van der Waals surface area contributed by atoms with Gasteiger partial charge in [0.25, 0.3) is 0 Å². The van der Waals surface area contributed by atoms with Crippen LogP contribution in [0, 0.1) is 10.7 Å². The van der Waals surface area contributed by atoms with Crippen LogP contribution in [0.4, 0.5) is 5.69 Å². The lowest BCUT2D eigenvalue weighted by Crippen LogP contribution is -2.41. The molecule has 1 saturated heterocycles. The molecule has 3 heterocycles. The van der Waals surface area contributed by atoms with Crippen molar-refractivity contribution in [2.24, 2.45) is 13.0 Å². The van der Waals surface area contributed by atoms with Crippen LogP contribution in [0.25, 0.3) is 0 Å². The van der Waals surface area contributed by atoms with Crippen molar-refractivity contribution in [2.45, 2.75) is 25.6 Å². The SMILES string of the molecule is Cn1c([C@@H]2COc3ccccc3O2)nn(CN2CCC[C@@H](C(=O)Nc3ccccc3)C2)c1=S. The molecule has 1 N–H and O–H groups in total. The highest BCUT2D eigenvalue weighted by Crippen LogP contribution is 2.35. The number of nitrogens with zero attached hydrogens (tertiary/aromatic N) is 4. The molecule has 0 radical (unpaired) electrons. The van der Waals surface area contributed by atoms with Crippen molar-refractivity contribution in [1.29, 1.82) is 0 Å². The Hall–Kier alpha value is -3.17. The van der Waals surface area contributed by atoms with Gasteiger partial charge < -0.3 is 19.4 Å². The van der Waals surface area contributed by atoms with E-state index < -0.39 is 0 Å². The Labute approximate surface area is 197 Å². The second kappa shape index (κ2) is 9.36. The van der Waals surface area contributed by atoms with Crippen LogP contribution < -0.4 is 14.8 Å². The monoisotopic (exact) mass is 465 g/mol. The number of hydrogen-bond donors (Lipinski definition) is 1. The number of para-hydroxylation sites is 3. The Bertz CT molecular complexity index is 1190. The zero-order valence-electron chi connectivity index (χ0n) is 18.5. The molecule has 9 heteroatoms. The molecular formula is C24H27N5O3S. The number of aromatic nitrogens is 3. The molecule has 0 bridgehead atoms. The summed E-state index contributed by atoms with van der Waals surface area (Å²) in [6.45, 7) is 2.48. The number of nitrogens with one attached hydrogen (secondary N) is 1. The molecule has 2 atom stereocenters. The fourth-order valence-corrected chi connectivity index (χ4v) is 4.57. The second-order valence-electron chi connectivity index (χ2n) is 8.48. The average molecular weight is 466 g/mol. The molecule has 0 spiro atoms. The first-order chi connectivity index (χ1) is 16.1. The van der Waals surface area contributed by atoms with Gasteiger partial charge >= 0.3 is 0 Å². The van der Waals surface area contributed by atoms with E-state index >= 15 is 0 Å². The maximum Gasteiger partial charge on any atom is 0.228 e. The highest BCUT2D eigenvalue weighted by atomic mass is 32.1. The van der Waals surface area contributed by atoms with E-state index in [9.17, 15) is 4.79 Å². The van der Waals surface area contributed by atoms with Gasteiger partial charge in [-0.1, -0.05) is 30.3 Å². The zero-order chi connectivity index (χ0) is 22.8. The summed E-state index contributed by atoms with van der Waals surface area (Å²) in [5.74, 6) is 2.16. The smallest absolute Gasteiger partial charge is 0.228 e. The largest absolute Gasteiger partial charge is 0.485 e. The highest BCUT2D eigenvalue weighted by Gasteiger charge is 2.29. The summed E-state index contributed by atoms with van der Waals surface area (Å²) in [6.07, 6.45) is 1.50. The molecule has 33 heavy (non-hydrogen) atoms. The molecule has 3 aromatic rings. The van der Waals surface area contributed by atoms with Gasteiger partial charge in [-0.3, -0.25) is 9.69 Å². The molecule has 1 aromatic heterocycles. The Morgan fingerprint density at radius 2 is 1.91 bits per heavy atom. The fraction of sp³-hybridized carbons (Fsp3) is 0.375. The van der Waals surface area contributed by atoms with Gasteiger partial charge in [-0.2, -0.15) is 5.10 Å². The van der Waals surface area contributed by atoms with Gasteiger partial charge in [0.05, 0.1) is 12.6 Å². The Balaban J connectivity index is 1.26. The minimum absolute atomic E-state index is 0.0580. The quantitative estimate of drug-likeness (QED) is 0.579. The van der Waals surface area contributed by atoms with Gasteiger partial charge in [0, 0.05) is 19.3 Å². The summed E-state index contributed by atoms with van der Waals surface area (Å²) >= 11 is 5.66. The third-order valence-corrected chi connectivity index (χ3v) is 6.61. The number of piperidine rings is 1. The third kappa shape index (κ3) is 4.65. The van der Waals surface area contributed by atoms with Crippen LogP contribution in [0.15, 0.2) is 54.6 Å². The Kier molecular flexibility index (Phi) is 6.15. The molecule has 1 fully saturated rings. The molecule has 5 rings (SSSR count). The number of anilines is 1. The normalized spacial score (nSPS) is 20.4. The van der Waals surface area contributed by atoms with Crippen LogP contribution in [0.3, 0.4) is 0 Å². The molecule has 8 nitrogen and oxygen atoms in total. The number of benzene rings is 2. The van der Waals surface area contributed by atoms with Crippen molar-refractivity contribution in [3.05, 3.63) is 65.2 Å². The molecule has 2 aliphatic rings. The number of fused-ring (bicyclic) bond motifs is 1. The second-order valence-corrected chi connectivity index (χ2v) is 8.84. The molecule has 1 amide bonds. The number of ether oxygens (including phenoxy) is 2. The van der Waals surface area contributed by atoms with Crippen LogP contribution in [0.5, 0.6) is 11.5 Å². The molecule has 0 aliphatic carbocycles. The van der Waals surface area contributed by atoms with Crippen LogP contribution in [0.2, 0.25) is 0 Å². The summed E-state index contributed by atoms with van der Waals surface area (Å²) < 4.78 is 16.3. The van der Waals surface area contributed by atoms with Crippen molar-refractivity contribution in [3.63, 3.8) is 0 Å². The first-order valence-electron chi connectivity index (χ1n) is 11.2. The average Bonchev–Trinajstić information content (AvgIpc) is 3.13. The van der Waals surface area contributed by atoms with E-state index in [4.69, 9.17) is 26.8 Å². The summed E-state index contributed by atoms with van der Waals surface area (Å²) in [7, 11) is 1.90. The Morgan fingerprint density at radius 1 is 1.15 bits per heavy atom. The van der Waals surface area contributed by atoms with Crippen molar-refractivity contribution in [1.82, 2.24) is 19.2 Å². The third-order valence-electron chi connectivity index (χ3n) is 6.12. The van der Waals surface area contributed by atoms with Crippen LogP contribution in [-0.2, 0) is 18.5 Å². The first-order valence-corrected chi connectivity index (χ1v) is 11.6. The Morgan fingerprint density at radius 3 is 2.73 bits per heavy atom. The van der Waals surface area contributed by atoms with E-state index in [0.717, 1.165) is 36.6 Å². The van der Waals surface area contributed by atoms with E-state index in [-0.39, 0.29) is 17.9 Å². The minimum Gasteiger partial charge on any atom is -0.485 e. The first kappa shape index (κ1) is 21.7. The molecular weight excluding hydrogens is 438 g/mol. The van der Waals surface area contributed by atoms with Crippen LogP contribution in [-0.4, -0.2) is 44.9 Å². The van der Waals surface area contributed by atoms with E-state index in [1.165, 1.54) is 0 Å². The van der Waals surface area contributed by atoms with Gasteiger partial charge in [-0.25, -0.2) is 4.68 Å². The van der Waals surface area contributed by atoms with Crippen LogP contribution >= 0.6 is 12.2 Å². The van der Waals surface area contributed by atoms with E-state index in [1.54, 1.807) is 0 Å². The summed E-state index contributed by atoms with van der Waals surface area (Å²) in [4.78, 5) is 15.0. The number of rotatable bonds is 5. The maximum atomic E-state index is 12.8. The molecule has 0 saturated carbocycles. The van der Waals surface area contributed by atoms with Crippen molar-refractivity contribution in [2.75, 3.05) is 25.0 Å². The molecule has 172 valence electrons. The molecule has 2 aliphatic heterocycles. The van der Waals surface area contributed by atoms with Gasteiger partial charge in [-0.05, 0) is 55.9 Å². The fourth-order valence-electron chi connectivity index (χ4n) is 4.38. The zero-order valence-corrected chi connectivity index (χ0v) is 19.3. The van der Waals surface area contributed by atoms with Gasteiger partial charge in [0.2, 0.25) is 5.91 Å². The standard InChI is InChI=1S/C24H27N5O3S/c1-27-22(21-15-31-19-11-5-6-12-20(19)32-21)26-29(24(27)33)16-28-13-7-8-17(14-28)23(30)25-18-9-3-2-4-10-18/h2-6,9-12,17,21H,7-8,13-16H2,1H3,(H,25,30)/t17-,21+/m1/s1. The number of amides is 1. The number of likely N-dealkylation sites (tertiary alicyclic amines) is 1. The van der Waals surface area contributed by atoms with Gasteiger partial charge in [0.1, 0.15) is 6.61 Å². The van der Waals surface area contributed by atoms with E-state index in [1.807, 2.05) is 70.9 Å². The van der Waals surface area contributed by atoms with Gasteiger partial charge in [-0.15, -0.1) is 0 Å². The summed E-state index contributed by atoms with van der Waals surface area (Å²) in [5.41, 5.74) is 0.826. The molecule has 0 unspecified atom stereocenters. The van der Waals surface area contributed by atoms with Crippen LogP contribution in [0.1, 0.15) is 24.8 Å². The molecule has 2 aromatic carbocycles. The van der Waals surface area contributed by atoms with Crippen molar-refractivity contribution >= 4 is 23.8 Å².